The van der Waals surface area contributed by atoms with Gasteiger partial charge in [-0.2, -0.15) is 0 Å². The van der Waals surface area contributed by atoms with Gasteiger partial charge in [0.25, 0.3) is 0 Å². The van der Waals surface area contributed by atoms with Gasteiger partial charge in [0, 0.05) is 22.5 Å². The summed E-state index contributed by atoms with van der Waals surface area (Å²) in [6.45, 7) is 0. The largest absolute Gasteiger partial charge is 0.354 e. The minimum Gasteiger partial charge on any atom is -0.354 e. The molecule has 0 amide bonds. The van der Waals surface area contributed by atoms with E-state index in [9.17, 15) is 0 Å². The molecule has 0 aliphatic rings. The van der Waals surface area contributed by atoms with Crippen molar-refractivity contribution in [1.29, 1.82) is 0 Å². The summed E-state index contributed by atoms with van der Waals surface area (Å²) in [5, 5.41) is 3.86. The third kappa shape index (κ3) is 4.68. The van der Waals surface area contributed by atoms with E-state index in [1.54, 1.807) is 0 Å². The van der Waals surface area contributed by atoms with E-state index in [2.05, 4.69) is 163 Å². The Labute approximate surface area is 218 Å². The molecule has 1 N–H and O–H groups in total. The molecule has 0 atom stereocenters. The predicted molar refractivity (Wildman–Crippen MR) is 158 cm³/mol. The summed E-state index contributed by atoms with van der Waals surface area (Å²) >= 11 is 0. The van der Waals surface area contributed by atoms with Crippen LogP contribution in [0, 0.1) is 0 Å². The van der Waals surface area contributed by atoms with Gasteiger partial charge < -0.3 is 5.32 Å². The maximum Gasteiger partial charge on any atom is 0.0470 e. The van der Waals surface area contributed by atoms with E-state index >= 15 is 0 Å². The molecule has 0 aliphatic carbocycles. The molecule has 0 saturated carbocycles. The molecule has 6 rings (SSSR count). The maximum atomic E-state index is 3.86. The van der Waals surface area contributed by atoms with Crippen molar-refractivity contribution in [2.45, 2.75) is 0 Å². The Morgan fingerprint density at radius 1 is 0.270 bits per heavy atom. The fraction of sp³-hybridized carbons (Fsp3) is 0. The first kappa shape index (κ1) is 22.6. The number of benzene rings is 6. The summed E-state index contributed by atoms with van der Waals surface area (Å²) in [5.74, 6) is 0. The second kappa shape index (κ2) is 10.4. The molecular weight excluding hydrogens is 446 g/mol. The lowest BCUT2D eigenvalue weighted by atomic mass is 9.91. The molecule has 0 unspecified atom stereocenters. The monoisotopic (exact) mass is 473 g/mol. The molecule has 0 aromatic heterocycles. The molecule has 176 valence electrons. The average molecular weight is 474 g/mol. The van der Waals surface area contributed by atoms with Crippen LogP contribution in [0.25, 0.3) is 44.5 Å². The fourth-order valence-electron chi connectivity index (χ4n) is 5.01. The predicted octanol–water partition coefficient (Wildman–Crippen LogP) is 10.1. The van der Waals surface area contributed by atoms with E-state index in [0.29, 0.717) is 0 Å². The average Bonchev–Trinajstić information content (AvgIpc) is 2.99. The molecular formula is C36H27N. The molecule has 0 bridgehead atoms. The summed E-state index contributed by atoms with van der Waals surface area (Å²) in [5.41, 5.74) is 11.7. The maximum absolute atomic E-state index is 3.86. The van der Waals surface area contributed by atoms with Crippen LogP contribution in [0.5, 0.6) is 0 Å². The first-order valence-electron chi connectivity index (χ1n) is 12.6. The Hall–Kier alpha value is -4.88. The van der Waals surface area contributed by atoms with E-state index in [1.165, 1.54) is 44.5 Å². The van der Waals surface area contributed by atoms with Gasteiger partial charge in [-0.1, -0.05) is 146 Å². The third-order valence-corrected chi connectivity index (χ3v) is 6.69. The zero-order valence-corrected chi connectivity index (χ0v) is 20.5. The van der Waals surface area contributed by atoms with Gasteiger partial charge in [0.05, 0.1) is 0 Å². The summed E-state index contributed by atoms with van der Waals surface area (Å²) < 4.78 is 0. The Morgan fingerprint density at radius 3 is 0.946 bits per heavy atom. The first-order chi connectivity index (χ1) is 18.4. The number of nitrogens with one attached hydrogen (secondary N) is 1. The number of hydrogen-bond acceptors (Lipinski definition) is 1. The Morgan fingerprint density at radius 2 is 0.595 bits per heavy atom. The smallest absolute Gasteiger partial charge is 0.0470 e. The molecule has 0 fully saturated rings. The third-order valence-electron chi connectivity index (χ3n) is 6.69. The van der Waals surface area contributed by atoms with Crippen molar-refractivity contribution in [1.82, 2.24) is 0 Å². The van der Waals surface area contributed by atoms with Gasteiger partial charge in [0.1, 0.15) is 0 Å². The topological polar surface area (TPSA) is 12.0 Å². The summed E-state index contributed by atoms with van der Waals surface area (Å²) in [4.78, 5) is 0. The molecule has 37 heavy (non-hydrogen) atoms. The highest BCUT2D eigenvalue weighted by Crippen LogP contribution is 2.43. The normalized spacial score (nSPS) is 10.7. The summed E-state index contributed by atoms with van der Waals surface area (Å²) in [6.07, 6.45) is 0. The van der Waals surface area contributed by atoms with Crippen LogP contribution in [-0.2, 0) is 0 Å². The number of anilines is 2. The standard InChI is InChI=1S/C36H27N/c1-5-15-27(16-6-1)31-23-13-25-33(35(31)29-19-9-3-10-20-29)37-34-26-14-24-32(28-17-7-2-8-18-28)36(34)30-21-11-4-12-22-30/h1-26,37H. The van der Waals surface area contributed by atoms with Gasteiger partial charge in [-0.15, -0.1) is 0 Å². The summed E-state index contributed by atoms with van der Waals surface area (Å²) in [7, 11) is 0. The number of hydrogen-bond donors (Lipinski definition) is 1. The van der Waals surface area contributed by atoms with E-state index in [4.69, 9.17) is 0 Å². The van der Waals surface area contributed by atoms with Gasteiger partial charge in [-0.25, -0.2) is 0 Å². The molecule has 6 aromatic rings. The zero-order valence-electron chi connectivity index (χ0n) is 20.5. The van der Waals surface area contributed by atoms with Gasteiger partial charge in [-0.05, 0) is 45.5 Å². The molecule has 1 nitrogen and oxygen atoms in total. The van der Waals surface area contributed by atoms with Crippen molar-refractivity contribution in [2.24, 2.45) is 0 Å². The molecule has 6 aromatic carbocycles. The van der Waals surface area contributed by atoms with Gasteiger partial charge in [0.15, 0.2) is 0 Å². The van der Waals surface area contributed by atoms with Crippen LogP contribution in [0.3, 0.4) is 0 Å². The molecule has 0 saturated heterocycles. The van der Waals surface area contributed by atoms with E-state index < -0.39 is 0 Å². The van der Waals surface area contributed by atoms with Crippen LogP contribution < -0.4 is 5.32 Å². The number of rotatable bonds is 6. The summed E-state index contributed by atoms with van der Waals surface area (Å²) in [6, 6.07) is 55.6. The van der Waals surface area contributed by atoms with Crippen molar-refractivity contribution < 1.29 is 0 Å². The van der Waals surface area contributed by atoms with Crippen molar-refractivity contribution in [3.63, 3.8) is 0 Å². The van der Waals surface area contributed by atoms with Crippen molar-refractivity contribution in [3.8, 4) is 44.5 Å². The van der Waals surface area contributed by atoms with E-state index in [0.717, 1.165) is 11.4 Å². The Kier molecular flexibility index (Phi) is 6.34. The van der Waals surface area contributed by atoms with Crippen LogP contribution in [0.1, 0.15) is 0 Å². The SMILES string of the molecule is c1ccc(-c2cccc(Nc3cccc(-c4ccccc4)c3-c3ccccc3)c2-c2ccccc2)cc1. The van der Waals surface area contributed by atoms with Crippen molar-refractivity contribution in [2.75, 3.05) is 5.32 Å². The van der Waals surface area contributed by atoms with Gasteiger partial charge in [-0.3, -0.25) is 0 Å². The van der Waals surface area contributed by atoms with E-state index in [1.807, 2.05) is 0 Å². The van der Waals surface area contributed by atoms with Crippen LogP contribution in [0.2, 0.25) is 0 Å². The van der Waals surface area contributed by atoms with Crippen LogP contribution in [0.15, 0.2) is 158 Å². The minimum atomic E-state index is 1.08. The molecule has 1 heteroatoms. The lowest BCUT2D eigenvalue weighted by molar-refractivity contribution is 1.50. The highest BCUT2D eigenvalue weighted by atomic mass is 14.9. The lowest BCUT2D eigenvalue weighted by Crippen LogP contribution is -1.99. The molecule has 0 radical (unpaired) electrons. The highest BCUT2D eigenvalue weighted by Gasteiger charge is 2.16. The Balaban J connectivity index is 1.56. The molecule has 0 spiro atoms. The van der Waals surface area contributed by atoms with Crippen LogP contribution in [-0.4, -0.2) is 0 Å². The first-order valence-corrected chi connectivity index (χ1v) is 12.6. The van der Waals surface area contributed by atoms with Crippen LogP contribution in [0.4, 0.5) is 11.4 Å². The van der Waals surface area contributed by atoms with E-state index in [-0.39, 0.29) is 0 Å². The second-order valence-corrected chi connectivity index (χ2v) is 9.05. The minimum absolute atomic E-state index is 1.08. The zero-order chi connectivity index (χ0) is 24.9. The van der Waals surface area contributed by atoms with Crippen molar-refractivity contribution >= 4 is 11.4 Å². The lowest BCUT2D eigenvalue weighted by Gasteiger charge is -2.21. The molecule has 0 aliphatic heterocycles. The second-order valence-electron chi connectivity index (χ2n) is 9.05. The van der Waals surface area contributed by atoms with Gasteiger partial charge >= 0.3 is 0 Å². The fourth-order valence-corrected chi connectivity index (χ4v) is 5.01. The van der Waals surface area contributed by atoms with Crippen molar-refractivity contribution in [3.05, 3.63) is 158 Å². The van der Waals surface area contributed by atoms with Crippen LogP contribution >= 0.6 is 0 Å². The Bertz CT molecular complexity index is 1480. The highest BCUT2D eigenvalue weighted by molar-refractivity contribution is 5.98. The van der Waals surface area contributed by atoms with Gasteiger partial charge in [0.2, 0.25) is 0 Å². The quantitative estimate of drug-likeness (QED) is 0.254. The molecule has 0 heterocycles.